The molecule has 0 bridgehead atoms. The summed E-state index contributed by atoms with van der Waals surface area (Å²) in [5.41, 5.74) is 1.22. The molecule has 0 N–H and O–H groups in total. The molecule has 0 heterocycles. The average molecular weight is 229 g/mol. The number of carbonyl (C=O) groups is 1. The van der Waals surface area contributed by atoms with Crippen molar-refractivity contribution in [3.63, 3.8) is 0 Å². The highest BCUT2D eigenvalue weighted by molar-refractivity contribution is 6.33. The van der Waals surface area contributed by atoms with Crippen molar-refractivity contribution in [2.45, 2.75) is 13.8 Å². The summed E-state index contributed by atoms with van der Waals surface area (Å²) < 4.78 is 9.96. The van der Waals surface area contributed by atoms with Crippen LogP contribution in [-0.4, -0.2) is 19.7 Å². The summed E-state index contributed by atoms with van der Waals surface area (Å²) in [5.74, 6) is 0.251. The van der Waals surface area contributed by atoms with E-state index in [-0.39, 0.29) is 0 Å². The van der Waals surface area contributed by atoms with E-state index in [2.05, 4.69) is 0 Å². The Hall–Kier alpha value is -1.22. The van der Waals surface area contributed by atoms with E-state index in [4.69, 9.17) is 21.1 Å². The summed E-state index contributed by atoms with van der Waals surface area (Å²) in [7, 11) is 1.56. The van der Waals surface area contributed by atoms with Gasteiger partial charge in [0.2, 0.25) is 0 Å². The molecule has 0 saturated heterocycles. The molecule has 0 aromatic heterocycles. The van der Waals surface area contributed by atoms with Gasteiger partial charge in [0.25, 0.3) is 0 Å². The van der Waals surface area contributed by atoms with Gasteiger partial charge < -0.3 is 9.47 Å². The largest absolute Gasteiger partial charge is 0.496 e. The molecule has 0 aliphatic heterocycles. The predicted octanol–water partition coefficient (Wildman–Crippen LogP) is 2.83. The van der Waals surface area contributed by atoms with E-state index < -0.39 is 5.97 Å². The zero-order valence-electron chi connectivity index (χ0n) is 8.96. The second-order valence-corrected chi connectivity index (χ2v) is 3.43. The third-order valence-corrected chi connectivity index (χ3v) is 2.29. The first kappa shape index (κ1) is 11.9. The van der Waals surface area contributed by atoms with Crippen LogP contribution in [0.4, 0.5) is 0 Å². The smallest absolute Gasteiger partial charge is 0.339 e. The van der Waals surface area contributed by atoms with Crippen LogP contribution in [0.1, 0.15) is 22.8 Å². The Labute approximate surface area is 93.9 Å². The van der Waals surface area contributed by atoms with E-state index in [1.165, 1.54) is 0 Å². The number of ether oxygens (including phenoxy) is 2. The molecule has 0 aliphatic carbocycles. The van der Waals surface area contributed by atoms with E-state index in [9.17, 15) is 4.79 Å². The van der Waals surface area contributed by atoms with Crippen LogP contribution in [-0.2, 0) is 4.74 Å². The van der Waals surface area contributed by atoms with Crippen LogP contribution < -0.4 is 4.74 Å². The minimum Gasteiger partial charge on any atom is -0.496 e. The molecule has 0 saturated carbocycles. The van der Waals surface area contributed by atoms with Crippen molar-refractivity contribution in [2.24, 2.45) is 0 Å². The zero-order valence-corrected chi connectivity index (χ0v) is 9.72. The Balaban J connectivity index is 3.10. The maximum Gasteiger partial charge on any atom is 0.339 e. The highest BCUT2D eigenvalue weighted by Gasteiger charge is 2.14. The molecule has 1 rings (SSSR count). The van der Waals surface area contributed by atoms with Gasteiger partial charge in [0.15, 0.2) is 0 Å². The van der Waals surface area contributed by atoms with Crippen LogP contribution >= 0.6 is 11.6 Å². The fourth-order valence-corrected chi connectivity index (χ4v) is 1.48. The lowest BCUT2D eigenvalue weighted by atomic mass is 10.1. The van der Waals surface area contributed by atoms with Crippen molar-refractivity contribution < 1.29 is 14.3 Å². The Kier molecular flexibility index (Phi) is 3.97. The standard InChI is InChI=1S/C11H13ClO3/c1-4-15-11(13)8-5-7(2)10(14-3)6-9(8)12/h5-6H,4H2,1-3H3. The van der Waals surface area contributed by atoms with Crippen molar-refractivity contribution in [2.75, 3.05) is 13.7 Å². The number of rotatable bonds is 3. The van der Waals surface area contributed by atoms with Crippen molar-refractivity contribution in [1.82, 2.24) is 0 Å². The number of aryl methyl sites for hydroxylation is 1. The molecular weight excluding hydrogens is 216 g/mol. The number of carbonyl (C=O) groups excluding carboxylic acids is 1. The van der Waals surface area contributed by atoms with Gasteiger partial charge in [0.1, 0.15) is 5.75 Å². The van der Waals surface area contributed by atoms with E-state index in [1.54, 1.807) is 26.2 Å². The van der Waals surface area contributed by atoms with Crippen LogP contribution in [0.2, 0.25) is 5.02 Å². The topological polar surface area (TPSA) is 35.5 Å². The van der Waals surface area contributed by atoms with Gasteiger partial charge in [0.05, 0.1) is 24.3 Å². The van der Waals surface area contributed by atoms with Crippen molar-refractivity contribution in [1.29, 1.82) is 0 Å². The predicted molar refractivity (Wildman–Crippen MR) is 58.7 cm³/mol. The first-order valence-electron chi connectivity index (χ1n) is 4.61. The molecule has 0 unspecified atom stereocenters. The van der Waals surface area contributed by atoms with Gasteiger partial charge >= 0.3 is 5.97 Å². The molecule has 0 spiro atoms. The number of esters is 1. The first-order chi connectivity index (χ1) is 7.10. The highest BCUT2D eigenvalue weighted by Crippen LogP contribution is 2.27. The quantitative estimate of drug-likeness (QED) is 0.747. The lowest BCUT2D eigenvalue weighted by Crippen LogP contribution is -2.06. The molecule has 4 heteroatoms. The molecule has 1 aromatic carbocycles. The molecular formula is C11H13ClO3. The van der Waals surface area contributed by atoms with Gasteiger partial charge in [-0.3, -0.25) is 0 Å². The summed E-state index contributed by atoms with van der Waals surface area (Å²) in [5, 5.41) is 0.343. The third kappa shape index (κ3) is 2.63. The summed E-state index contributed by atoms with van der Waals surface area (Å²) in [6.45, 7) is 3.93. The number of benzene rings is 1. The second-order valence-electron chi connectivity index (χ2n) is 3.02. The van der Waals surface area contributed by atoms with E-state index in [1.807, 2.05) is 6.92 Å². The second kappa shape index (κ2) is 5.03. The first-order valence-corrected chi connectivity index (χ1v) is 4.99. The van der Waals surface area contributed by atoms with Crippen molar-refractivity contribution in [3.05, 3.63) is 28.3 Å². The van der Waals surface area contributed by atoms with Gasteiger partial charge in [-0.2, -0.15) is 0 Å². The maximum absolute atomic E-state index is 11.5. The van der Waals surface area contributed by atoms with Gasteiger partial charge in [-0.25, -0.2) is 4.79 Å². The molecule has 0 fully saturated rings. The molecule has 0 atom stereocenters. The number of hydrogen-bond donors (Lipinski definition) is 0. The molecule has 3 nitrogen and oxygen atoms in total. The number of halogens is 1. The Morgan fingerprint density at radius 2 is 2.13 bits per heavy atom. The fraction of sp³-hybridized carbons (Fsp3) is 0.364. The Morgan fingerprint density at radius 1 is 1.47 bits per heavy atom. The van der Waals surface area contributed by atoms with Crippen LogP contribution in [0.5, 0.6) is 5.75 Å². The zero-order chi connectivity index (χ0) is 11.4. The molecule has 1 aromatic rings. The number of hydrogen-bond acceptors (Lipinski definition) is 3. The monoisotopic (exact) mass is 228 g/mol. The number of methoxy groups -OCH3 is 1. The van der Waals surface area contributed by atoms with Gasteiger partial charge in [0, 0.05) is 0 Å². The third-order valence-electron chi connectivity index (χ3n) is 1.98. The van der Waals surface area contributed by atoms with Crippen LogP contribution in [0.25, 0.3) is 0 Å². The van der Waals surface area contributed by atoms with E-state index in [0.717, 1.165) is 5.56 Å². The maximum atomic E-state index is 11.5. The summed E-state index contributed by atoms with van der Waals surface area (Å²) in [4.78, 5) is 11.5. The van der Waals surface area contributed by atoms with Crippen LogP contribution in [0.15, 0.2) is 12.1 Å². The van der Waals surface area contributed by atoms with Crippen molar-refractivity contribution >= 4 is 17.6 Å². The van der Waals surface area contributed by atoms with Gasteiger partial charge in [-0.15, -0.1) is 0 Å². The highest BCUT2D eigenvalue weighted by atomic mass is 35.5. The fourth-order valence-electron chi connectivity index (χ4n) is 1.25. The minimum absolute atomic E-state index is 0.334. The normalized spacial score (nSPS) is 9.87. The SMILES string of the molecule is CCOC(=O)c1cc(C)c(OC)cc1Cl. The molecule has 0 aliphatic rings. The Bertz CT molecular complexity index is 374. The van der Waals surface area contributed by atoms with Crippen LogP contribution in [0, 0.1) is 6.92 Å². The summed E-state index contributed by atoms with van der Waals surface area (Å²) >= 11 is 5.93. The summed E-state index contributed by atoms with van der Waals surface area (Å²) in [6, 6.07) is 3.28. The van der Waals surface area contributed by atoms with Gasteiger partial charge in [-0.05, 0) is 31.5 Å². The van der Waals surface area contributed by atoms with E-state index >= 15 is 0 Å². The lowest BCUT2D eigenvalue weighted by molar-refractivity contribution is 0.0526. The van der Waals surface area contributed by atoms with Gasteiger partial charge in [-0.1, -0.05) is 11.6 Å². The summed E-state index contributed by atoms with van der Waals surface area (Å²) in [6.07, 6.45) is 0. The van der Waals surface area contributed by atoms with Crippen LogP contribution in [0.3, 0.4) is 0 Å². The molecule has 82 valence electrons. The molecule has 0 radical (unpaired) electrons. The van der Waals surface area contributed by atoms with E-state index in [0.29, 0.717) is 22.9 Å². The van der Waals surface area contributed by atoms with Crippen molar-refractivity contribution in [3.8, 4) is 5.75 Å². The lowest BCUT2D eigenvalue weighted by Gasteiger charge is -2.09. The molecule has 0 amide bonds. The molecule has 15 heavy (non-hydrogen) atoms. The average Bonchev–Trinajstić information content (AvgIpc) is 2.21. The minimum atomic E-state index is -0.409. The Morgan fingerprint density at radius 3 is 2.67 bits per heavy atom.